The van der Waals surface area contributed by atoms with Gasteiger partial charge in [-0.1, -0.05) is 103 Å². The van der Waals surface area contributed by atoms with Crippen LogP contribution in [0, 0.1) is 10.8 Å². The van der Waals surface area contributed by atoms with E-state index in [0.717, 1.165) is 7.28 Å². The molecule has 0 aliphatic heterocycles. The average molecular weight is 318 g/mol. The lowest BCUT2D eigenvalue weighted by Gasteiger charge is -2.39. The minimum absolute atomic E-state index is 0.120. The molecule has 2 aromatic carbocycles. The van der Waals surface area contributed by atoms with Crippen molar-refractivity contribution in [2.24, 2.45) is 10.8 Å². The molecule has 0 atom stereocenters. The average Bonchev–Trinajstić information content (AvgIpc) is 2.73. The topological polar surface area (TPSA) is 0 Å². The molecule has 0 aromatic heterocycles. The van der Waals surface area contributed by atoms with Crippen LogP contribution < -0.4 is 5.46 Å². The summed E-state index contributed by atoms with van der Waals surface area (Å²) >= 11 is 0. The lowest BCUT2D eigenvalue weighted by molar-refractivity contribution is 0.157. The summed E-state index contributed by atoms with van der Waals surface area (Å²) < 4.78 is 0. The van der Waals surface area contributed by atoms with Crippen LogP contribution in [0.2, 0.25) is 6.32 Å². The Labute approximate surface area is 148 Å². The lowest BCUT2D eigenvalue weighted by Crippen LogP contribution is -2.33. The van der Waals surface area contributed by atoms with E-state index in [2.05, 4.69) is 90.9 Å². The molecule has 3 rings (SSSR count). The van der Waals surface area contributed by atoms with Crippen molar-refractivity contribution < 1.29 is 0 Å². The highest BCUT2D eigenvalue weighted by Crippen LogP contribution is 2.48. The smallest absolute Gasteiger partial charge is 0.0839 e. The van der Waals surface area contributed by atoms with Crippen LogP contribution in [0.25, 0.3) is 11.1 Å². The molecule has 2 aromatic rings. The van der Waals surface area contributed by atoms with Crippen molar-refractivity contribution in [1.82, 2.24) is 0 Å². The summed E-state index contributed by atoms with van der Waals surface area (Å²) in [6.45, 7) is 16.6. The van der Waals surface area contributed by atoms with E-state index in [9.17, 15) is 0 Å². The Balaban J connectivity index is 1.92. The van der Waals surface area contributed by atoms with E-state index in [0.29, 0.717) is 10.8 Å². The Bertz CT molecular complexity index is 760. The van der Waals surface area contributed by atoms with Gasteiger partial charge in [-0.15, -0.1) is 0 Å². The van der Waals surface area contributed by atoms with Crippen LogP contribution in [0.15, 0.2) is 42.5 Å². The number of hydrogen-bond acceptors (Lipinski definition) is 0. The zero-order valence-electron chi connectivity index (χ0n) is 16.5. The van der Waals surface area contributed by atoms with E-state index >= 15 is 0 Å². The first kappa shape index (κ1) is 17.3. The minimum Gasteiger partial charge on any atom is -0.0839 e. The van der Waals surface area contributed by atoms with Crippen LogP contribution in [-0.2, 0) is 5.41 Å². The second-order valence-electron chi connectivity index (χ2n) is 9.68. The second kappa shape index (κ2) is 5.51. The molecule has 24 heavy (non-hydrogen) atoms. The summed E-state index contributed by atoms with van der Waals surface area (Å²) in [7, 11) is 1.15. The molecular weight excluding hydrogens is 287 g/mol. The molecule has 0 saturated heterocycles. The van der Waals surface area contributed by atoms with Crippen molar-refractivity contribution in [3.05, 3.63) is 53.6 Å². The van der Waals surface area contributed by atoms with E-state index in [1.807, 2.05) is 0 Å². The molecule has 0 N–H and O–H groups in total. The number of hydrogen-bond donors (Lipinski definition) is 0. The van der Waals surface area contributed by atoms with Gasteiger partial charge in [0.05, 0.1) is 0 Å². The Morgan fingerprint density at radius 1 is 0.833 bits per heavy atom. The van der Waals surface area contributed by atoms with Crippen LogP contribution in [-0.4, -0.2) is 7.28 Å². The van der Waals surface area contributed by atoms with Gasteiger partial charge in [-0.3, -0.25) is 0 Å². The summed E-state index contributed by atoms with van der Waals surface area (Å²) in [5.41, 5.74) is 8.07. The highest BCUT2D eigenvalue weighted by atomic mass is 14.4. The number of rotatable bonds is 3. The maximum Gasteiger partial charge on any atom is 0.158 e. The summed E-state index contributed by atoms with van der Waals surface area (Å²) in [5, 5.41) is 0. The molecule has 1 aliphatic carbocycles. The van der Waals surface area contributed by atoms with Gasteiger partial charge < -0.3 is 0 Å². The molecule has 1 heteroatoms. The molecule has 1 aliphatic rings. The van der Waals surface area contributed by atoms with Gasteiger partial charge in [0.15, 0.2) is 7.28 Å². The molecule has 0 fully saturated rings. The molecule has 0 heterocycles. The highest BCUT2D eigenvalue weighted by Gasteiger charge is 2.35. The SMILES string of the molecule is CC1(C)c2ccccc2-c2cc(BCC(C)(C)C(C)(C)C)ccc21. The van der Waals surface area contributed by atoms with E-state index < -0.39 is 0 Å². The fourth-order valence-corrected chi connectivity index (χ4v) is 3.75. The molecule has 0 radical (unpaired) electrons. The Hall–Kier alpha value is -1.50. The van der Waals surface area contributed by atoms with Crippen LogP contribution in [0.5, 0.6) is 0 Å². The van der Waals surface area contributed by atoms with Crippen LogP contribution in [0.4, 0.5) is 0 Å². The van der Waals surface area contributed by atoms with Crippen molar-refractivity contribution in [2.75, 3.05) is 0 Å². The predicted octanol–water partition coefficient (Wildman–Crippen LogP) is 5.55. The van der Waals surface area contributed by atoms with Gasteiger partial charge in [-0.05, 0) is 33.1 Å². The third-order valence-corrected chi connectivity index (χ3v) is 6.72. The molecular formula is C23H31B. The molecule has 0 saturated carbocycles. The quantitative estimate of drug-likeness (QED) is 0.651. The third kappa shape index (κ3) is 2.72. The Kier molecular flexibility index (Phi) is 3.98. The molecule has 0 unspecified atom stereocenters. The first-order valence-electron chi connectivity index (χ1n) is 9.27. The number of benzene rings is 2. The van der Waals surface area contributed by atoms with E-state index in [1.165, 1.54) is 34.0 Å². The van der Waals surface area contributed by atoms with Gasteiger partial charge in [0.25, 0.3) is 0 Å². The molecule has 0 bridgehead atoms. The number of fused-ring (bicyclic) bond motifs is 3. The van der Waals surface area contributed by atoms with Crippen molar-refractivity contribution in [1.29, 1.82) is 0 Å². The largest absolute Gasteiger partial charge is 0.158 e. The molecule has 0 amide bonds. The first-order chi connectivity index (χ1) is 11.0. The van der Waals surface area contributed by atoms with Crippen molar-refractivity contribution in [3.63, 3.8) is 0 Å². The Morgan fingerprint density at radius 3 is 2.12 bits per heavy atom. The fraction of sp³-hybridized carbons (Fsp3) is 0.478. The molecule has 126 valence electrons. The van der Waals surface area contributed by atoms with Crippen molar-refractivity contribution in [3.8, 4) is 11.1 Å². The monoisotopic (exact) mass is 318 g/mol. The summed E-state index contributed by atoms with van der Waals surface area (Å²) in [6, 6.07) is 16.1. The third-order valence-electron chi connectivity index (χ3n) is 6.72. The van der Waals surface area contributed by atoms with E-state index in [4.69, 9.17) is 0 Å². The molecule has 0 spiro atoms. The zero-order valence-corrected chi connectivity index (χ0v) is 16.5. The zero-order chi connectivity index (χ0) is 17.8. The minimum atomic E-state index is 0.120. The second-order valence-corrected chi connectivity index (χ2v) is 9.68. The normalized spacial score (nSPS) is 15.8. The lowest BCUT2D eigenvalue weighted by atomic mass is 9.53. The molecule has 0 nitrogen and oxygen atoms in total. The fourth-order valence-electron chi connectivity index (χ4n) is 3.75. The summed E-state index contributed by atoms with van der Waals surface area (Å²) in [5.74, 6) is 0. The van der Waals surface area contributed by atoms with Crippen molar-refractivity contribution >= 4 is 12.7 Å². The van der Waals surface area contributed by atoms with E-state index in [-0.39, 0.29) is 5.41 Å². The van der Waals surface area contributed by atoms with Crippen molar-refractivity contribution in [2.45, 2.75) is 60.2 Å². The Morgan fingerprint density at radius 2 is 1.46 bits per heavy atom. The first-order valence-corrected chi connectivity index (χ1v) is 9.27. The predicted molar refractivity (Wildman–Crippen MR) is 109 cm³/mol. The van der Waals surface area contributed by atoms with Gasteiger partial charge in [0.2, 0.25) is 0 Å². The van der Waals surface area contributed by atoms with Crippen LogP contribution in [0.3, 0.4) is 0 Å². The van der Waals surface area contributed by atoms with Gasteiger partial charge in [0, 0.05) is 5.41 Å². The summed E-state index contributed by atoms with van der Waals surface area (Å²) in [6.07, 6.45) is 1.22. The standard InChI is InChI=1S/C23H31B/c1-21(2,3)22(4,5)15-24-16-12-13-20-18(14-16)17-10-8-9-11-19(17)23(20,6)7/h8-14,24H,15H2,1-7H3. The van der Waals surface area contributed by atoms with Gasteiger partial charge >= 0.3 is 0 Å². The van der Waals surface area contributed by atoms with Crippen LogP contribution >= 0.6 is 0 Å². The van der Waals surface area contributed by atoms with E-state index in [1.54, 1.807) is 0 Å². The highest BCUT2D eigenvalue weighted by molar-refractivity contribution is 6.53. The summed E-state index contributed by atoms with van der Waals surface area (Å²) in [4.78, 5) is 0. The maximum atomic E-state index is 2.45. The van der Waals surface area contributed by atoms with Crippen LogP contribution in [0.1, 0.15) is 59.6 Å². The maximum absolute atomic E-state index is 2.45. The van der Waals surface area contributed by atoms with Gasteiger partial charge in [-0.2, -0.15) is 0 Å². The van der Waals surface area contributed by atoms with Gasteiger partial charge in [0.1, 0.15) is 0 Å². The van der Waals surface area contributed by atoms with Gasteiger partial charge in [-0.25, -0.2) is 0 Å².